The molecule has 0 unspecified atom stereocenters. The molecule has 2 aromatic rings. The number of nitrogens with zero attached hydrogens (tertiary/aromatic N) is 2. The van der Waals surface area contributed by atoms with Crippen LogP contribution in [0.2, 0.25) is 4.34 Å². The number of carbonyl (C=O) groups excluding carboxylic acids is 1. The second-order valence-corrected chi connectivity index (χ2v) is 6.18. The molecule has 0 aliphatic carbocycles. The van der Waals surface area contributed by atoms with Crippen molar-refractivity contribution in [1.29, 1.82) is 5.26 Å². The number of nitriles is 1. The van der Waals surface area contributed by atoms with Gasteiger partial charge in [0.05, 0.1) is 22.5 Å². The predicted molar refractivity (Wildman–Crippen MR) is 82.5 cm³/mol. The maximum absolute atomic E-state index is 12.0. The van der Waals surface area contributed by atoms with Gasteiger partial charge >= 0.3 is 0 Å². The van der Waals surface area contributed by atoms with Gasteiger partial charge in [-0.2, -0.15) is 5.26 Å². The third-order valence-corrected chi connectivity index (χ3v) is 4.01. The summed E-state index contributed by atoms with van der Waals surface area (Å²) in [6.07, 6.45) is 0. The smallest absolute Gasteiger partial charge is 0.260 e. The summed E-state index contributed by atoms with van der Waals surface area (Å²) >= 11 is 7.31. The van der Waals surface area contributed by atoms with Crippen LogP contribution in [-0.2, 0) is 11.3 Å². The van der Waals surface area contributed by atoms with E-state index in [1.807, 2.05) is 18.2 Å². The zero-order chi connectivity index (χ0) is 15.2. The highest BCUT2D eigenvalue weighted by molar-refractivity contribution is 7.16. The summed E-state index contributed by atoms with van der Waals surface area (Å²) in [6, 6.07) is 12.4. The normalized spacial score (nSPS) is 9.95. The third-order valence-electron chi connectivity index (χ3n) is 2.79. The summed E-state index contributed by atoms with van der Waals surface area (Å²) in [5, 5.41) is 8.70. The van der Waals surface area contributed by atoms with Gasteiger partial charge in [0.25, 0.3) is 5.91 Å². The van der Waals surface area contributed by atoms with Gasteiger partial charge < -0.3 is 9.64 Å². The molecule has 0 atom stereocenters. The Morgan fingerprint density at radius 3 is 2.62 bits per heavy atom. The van der Waals surface area contributed by atoms with Crippen LogP contribution in [0.3, 0.4) is 0 Å². The van der Waals surface area contributed by atoms with Gasteiger partial charge in [-0.3, -0.25) is 4.79 Å². The van der Waals surface area contributed by atoms with Crippen molar-refractivity contribution in [3.63, 3.8) is 0 Å². The fraction of sp³-hybridized carbons (Fsp3) is 0.200. The van der Waals surface area contributed by atoms with Crippen LogP contribution in [0, 0.1) is 11.3 Å². The summed E-state index contributed by atoms with van der Waals surface area (Å²) < 4.78 is 6.12. The fourth-order valence-corrected chi connectivity index (χ4v) is 2.78. The largest absolute Gasteiger partial charge is 0.484 e. The lowest BCUT2D eigenvalue weighted by Crippen LogP contribution is -2.30. The van der Waals surface area contributed by atoms with Crippen molar-refractivity contribution in [3.05, 3.63) is 51.2 Å². The van der Waals surface area contributed by atoms with E-state index in [1.165, 1.54) is 11.3 Å². The number of likely N-dealkylation sites (N-methyl/N-ethyl adjacent to an activating group) is 1. The second-order valence-electron chi connectivity index (χ2n) is 4.38. The fourth-order valence-electron chi connectivity index (χ4n) is 1.64. The Labute approximate surface area is 132 Å². The molecule has 0 aliphatic heterocycles. The summed E-state index contributed by atoms with van der Waals surface area (Å²) in [5.74, 6) is 0.443. The molecular weight excluding hydrogens is 308 g/mol. The number of halogens is 1. The number of hydrogen-bond acceptors (Lipinski definition) is 4. The molecule has 108 valence electrons. The Morgan fingerprint density at radius 1 is 1.33 bits per heavy atom. The number of hydrogen-bond donors (Lipinski definition) is 0. The van der Waals surface area contributed by atoms with E-state index in [-0.39, 0.29) is 12.5 Å². The Kier molecular flexibility index (Phi) is 5.20. The van der Waals surface area contributed by atoms with Gasteiger partial charge in [-0.1, -0.05) is 11.6 Å². The topological polar surface area (TPSA) is 53.3 Å². The minimum Gasteiger partial charge on any atom is -0.484 e. The number of carbonyl (C=O) groups is 1. The first kappa shape index (κ1) is 15.4. The molecule has 0 aliphatic rings. The van der Waals surface area contributed by atoms with Crippen LogP contribution in [0.4, 0.5) is 0 Å². The van der Waals surface area contributed by atoms with Gasteiger partial charge in [0.1, 0.15) is 5.75 Å². The first-order valence-electron chi connectivity index (χ1n) is 6.19. The predicted octanol–water partition coefficient (Wildman–Crippen LogP) is 3.31. The first-order chi connectivity index (χ1) is 10.1. The zero-order valence-electron chi connectivity index (χ0n) is 11.4. The highest BCUT2D eigenvalue weighted by atomic mass is 35.5. The molecule has 21 heavy (non-hydrogen) atoms. The molecule has 1 heterocycles. The quantitative estimate of drug-likeness (QED) is 0.849. The minimum absolute atomic E-state index is 0.0402. The molecule has 1 aromatic heterocycles. The van der Waals surface area contributed by atoms with Gasteiger partial charge in [-0.05, 0) is 36.4 Å². The van der Waals surface area contributed by atoms with Crippen molar-refractivity contribution in [2.45, 2.75) is 6.54 Å². The van der Waals surface area contributed by atoms with Crippen LogP contribution in [0.15, 0.2) is 36.4 Å². The third kappa shape index (κ3) is 4.48. The lowest BCUT2D eigenvalue weighted by molar-refractivity contribution is -0.132. The monoisotopic (exact) mass is 320 g/mol. The summed E-state index contributed by atoms with van der Waals surface area (Å²) in [4.78, 5) is 14.6. The molecule has 1 aromatic carbocycles. The van der Waals surface area contributed by atoms with E-state index >= 15 is 0 Å². The number of amides is 1. The van der Waals surface area contributed by atoms with Crippen molar-refractivity contribution in [1.82, 2.24) is 4.90 Å². The van der Waals surface area contributed by atoms with Crippen molar-refractivity contribution >= 4 is 28.8 Å². The van der Waals surface area contributed by atoms with Crippen molar-refractivity contribution in [2.75, 3.05) is 13.7 Å². The van der Waals surface area contributed by atoms with Crippen LogP contribution in [0.25, 0.3) is 0 Å². The van der Waals surface area contributed by atoms with Gasteiger partial charge in [0.2, 0.25) is 0 Å². The van der Waals surface area contributed by atoms with Crippen LogP contribution in [0.5, 0.6) is 5.75 Å². The molecule has 0 radical (unpaired) electrons. The Bertz CT molecular complexity index is 661. The van der Waals surface area contributed by atoms with Crippen LogP contribution in [0.1, 0.15) is 10.4 Å². The number of benzene rings is 1. The maximum atomic E-state index is 12.0. The highest BCUT2D eigenvalue weighted by Gasteiger charge is 2.11. The number of thiophene rings is 1. The Balaban J connectivity index is 1.84. The standard InChI is InChI=1S/C15H13ClN2O2S/c1-18(9-13-6-7-14(16)21-13)15(19)10-20-12-4-2-11(8-17)3-5-12/h2-7H,9-10H2,1H3. The Hall–Kier alpha value is -2.03. The van der Waals surface area contributed by atoms with E-state index in [0.29, 0.717) is 22.2 Å². The van der Waals surface area contributed by atoms with Crippen molar-refractivity contribution in [3.8, 4) is 11.8 Å². The summed E-state index contributed by atoms with van der Waals surface area (Å²) in [5.41, 5.74) is 0.556. The first-order valence-corrected chi connectivity index (χ1v) is 7.39. The van der Waals surface area contributed by atoms with Gasteiger partial charge in [-0.25, -0.2) is 0 Å². The molecule has 0 saturated heterocycles. The van der Waals surface area contributed by atoms with E-state index in [1.54, 1.807) is 36.2 Å². The van der Waals surface area contributed by atoms with Gasteiger partial charge in [0.15, 0.2) is 6.61 Å². The van der Waals surface area contributed by atoms with Crippen LogP contribution in [-0.4, -0.2) is 24.5 Å². The van der Waals surface area contributed by atoms with E-state index < -0.39 is 0 Å². The molecular formula is C15H13ClN2O2S. The van der Waals surface area contributed by atoms with E-state index in [0.717, 1.165) is 4.88 Å². The van der Waals surface area contributed by atoms with Crippen LogP contribution < -0.4 is 4.74 Å². The lowest BCUT2D eigenvalue weighted by Gasteiger charge is -2.16. The molecule has 6 heteroatoms. The van der Waals surface area contributed by atoms with E-state index in [9.17, 15) is 4.79 Å². The minimum atomic E-state index is -0.121. The number of ether oxygens (including phenoxy) is 1. The zero-order valence-corrected chi connectivity index (χ0v) is 12.9. The molecule has 4 nitrogen and oxygen atoms in total. The van der Waals surface area contributed by atoms with Crippen LogP contribution >= 0.6 is 22.9 Å². The molecule has 2 rings (SSSR count). The molecule has 0 N–H and O–H groups in total. The van der Waals surface area contributed by atoms with E-state index in [4.69, 9.17) is 21.6 Å². The van der Waals surface area contributed by atoms with Crippen molar-refractivity contribution < 1.29 is 9.53 Å². The summed E-state index contributed by atoms with van der Waals surface area (Å²) in [7, 11) is 1.72. The molecule has 0 spiro atoms. The highest BCUT2D eigenvalue weighted by Crippen LogP contribution is 2.22. The van der Waals surface area contributed by atoms with Crippen molar-refractivity contribution in [2.24, 2.45) is 0 Å². The summed E-state index contributed by atoms with van der Waals surface area (Å²) in [6.45, 7) is 0.467. The SMILES string of the molecule is CN(Cc1ccc(Cl)s1)C(=O)COc1ccc(C#N)cc1. The lowest BCUT2D eigenvalue weighted by atomic mass is 10.2. The van der Waals surface area contributed by atoms with E-state index in [2.05, 4.69) is 0 Å². The second kappa shape index (κ2) is 7.11. The molecule has 0 fully saturated rings. The van der Waals surface area contributed by atoms with Gasteiger partial charge in [0, 0.05) is 11.9 Å². The molecule has 0 saturated carbocycles. The Morgan fingerprint density at radius 2 is 2.05 bits per heavy atom. The molecule has 0 bridgehead atoms. The van der Waals surface area contributed by atoms with Gasteiger partial charge in [-0.15, -0.1) is 11.3 Å². The maximum Gasteiger partial charge on any atom is 0.260 e. The number of rotatable bonds is 5. The average Bonchev–Trinajstić information content (AvgIpc) is 2.90. The average molecular weight is 321 g/mol. The molecule has 1 amide bonds.